The molecule has 2 aliphatic heterocycles. The van der Waals surface area contributed by atoms with Gasteiger partial charge in [-0.3, -0.25) is 4.90 Å². The van der Waals surface area contributed by atoms with Crippen molar-refractivity contribution in [3.63, 3.8) is 0 Å². The Morgan fingerprint density at radius 2 is 2.05 bits per heavy atom. The molecule has 0 amide bonds. The highest BCUT2D eigenvalue weighted by Crippen LogP contribution is 2.28. The van der Waals surface area contributed by atoms with Crippen molar-refractivity contribution in [3.8, 4) is 0 Å². The van der Waals surface area contributed by atoms with E-state index >= 15 is 0 Å². The first-order valence-corrected chi connectivity index (χ1v) is 8.50. The summed E-state index contributed by atoms with van der Waals surface area (Å²) in [6.45, 7) is 2.59. The molecule has 0 radical (unpaired) electrons. The predicted molar refractivity (Wildman–Crippen MR) is 74.8 cm³/mol. The standard InChI is InChI=1S/C13H16ClFN2O2S/c14-11-4-1-5-12(13(11)15)20(18,19)17-8-7-16-6-2-3-10(16)9-17/h1,4-5,10H,2-3,6-9H2. The number of benzene rings is 1. The molecule has 1 atom stereocenters. The third-order valence-electron chi connectivity index (χ3n) is 4.08. The molecule has 0 spiro atoms. The lowest BCUT2D eigenvalue weighted by atomic mass is 10.2. The first-order chi connectivity index (χ1) is 9.50. The summed E-state index contributed by atoms with van der Waals surface area (Å²) < 4.78 is 40.5. The van der Waals surface area contributed by atoms with Crippen LogP contribution in [0, 0.1) is 5.82 Å². The van der Waals surface area contributed by atoms with Gasteiger partial charge in [-0.15, -0.1) is 0 Å². The van der Waals surface area contributed by atoms with Crippen LogP contribution in [0.4, 0.5) is 4.39 Å². The number of rotatable bonds is 2. The molecular formula is C13H16ClFN2O2S. The highest BCUT2D eigenvalue weighted by atomic mass is 35.5. The van der Waals surface area contributed by atoms with Crippen LogP contribution in [0.1, 0.15) is 12.8 Å². The van der Waals surface area contributed by atoms with E-state index in [9.17, 15) is 12.8 Å². The van der Waals surface area contributed by atoms with Gasteiger partial charge >= 0.3 is 0 Å². The van der Waals surface area contributed by atoms with Gasteiger partial charge in [-0.2, -0.15) is 4.31 Å². The lowest BCUT2D eigenvalue weighted by molar-refractivity contribution is 0.158. The number of piperazine rings is 1. The van der Waals surface area contributed by atoms with E-state index in [-0.39, 0.29) is 16.0 Å². The van der Waals surface area contributed by atoms with Gasteiger partial charge in [0.1, 0.15) is 4.90 Å². The number of hydrogen-bond donors (Lipinski definition) is 0. The first-order valence-electron chi connectivity index (χ1n) is 6.68. The maximum absolute atomic E-state index is 14.0. The smallest absolute Gasteiger partial charge is 0.246 e. The minimum Gasteiger partial charge on any atom is -0.298 e. The zero-order valence-corrected chi connectivity index (χ0v) is 12.5. The Morgan fingerprint density at radius 1 is 1.25 bits per heavy atom. The van der Waals surface area contributed by atoms with Crippen LogP contribution in [-0.4, -0.2) is 49.8 Å². The van der Waals surface area contributed by atoms with E-state index in [1.165, 1.54) is 22.5 Å². The van der Waals surface area contributed by atoms with Gasteiger partial charge in [0, 0.05) is 25.7 Å². The molecule has 2 fully saturated rings. The van der Waals surface area contributed by atoms with E-state index in [1.54, 1.807) is 0 Å². The second-order valence-corrected chi connectivity index (χ2v) is 7.56. The fourth-order valence-corrected chi connectivity index (χ4v) is 4.79. The summed E-state index contributed by atoms with van der Waals surface area (Å²) in [6, 6.07) is 4.35. The van der Waals surface area contributed by atoms with Gasteiger partial charge in [-0.25, -0.2) is 12.8 Å². The van der Waals surface area contributed by atoms with Gasteiger partial charge in [0.15, 0.2) is 5.82 Å². The summed E-state index contributed by atoms with van der Waals surface area (Å²) in [5, 5.41) is -0.162. The molecule has 0 saturated carbocycles. The topological polar surface area (TPSA) is 40.6 Å². The van der Waals surface area contributed by atoms with E-state index < -0.39 is 15.8 Å². The average molecular weight is 319 g/mol. The first kappa shape index (κ1) is 14.3. The normalized spacial score (nSPS) is 24.8. The van der Waals surface area contributed by atoms with E-state index in [1.807, 2.05) is 0 Å². The largest absolute Gasteiger partial charge is 0.298 e. The average Bonchev–Trinajstić information content (AvgIpc) is 2.89. The third kappa shape index (κ3) is 2.35. The van der Waals surface area contributed by atoms with Gasteiger partial charge in [-0.05, 0) is 31.5 Å². The Kier molecular flexibility index (Phi) is 3.75. The molecule has 2 aliphatic rings. The summed E-state index contributed by atoms with van der Waals surface area (Å²) >= 11 is 5.68. The van der Waals surface area contributed by atoms with Crippen LogP contribution >= 0.6 is 11.6 Å². The molecule has 1 unspecified atom stereocenters. The highest BCUT2D eigenvalue weighted by Gasteiger charge is 2.37. The van der Waals surface area contributed by atoms with Crippen LogP contribution in [0.15, 0.2) is 23.1 Å². The SMILES string of the molecule is O=S(=O)(c1cccc(Cl)c1F)N1CCN2CCCC2C1. The van der Waals surface area contributed by atoms with Crippen LogP contribution in [-0.2, 0) is 10.0 Å². The number of nitrogens with zero attached hydrogens (tertiary/aromatic N) is 2. The van der Waals surface area contributed by atoms with Crippen LogP contribution in [0.2, 0.25) is 5.02 Å². The van der Waals surface area contributed by atoms with Gasteiger partial charge in [0.2, 0.25) is 10.0 Å². The second-order valence-electron chi connectivity index (χ2n) is 5.25. The van der Waals surface area contributed by atoms with Gasteiger partial charge < -0.3 is 0 Å². The molecule has 3 rings (SSSR count). The molecule has 1 aromatic rings. The van der Waals surface area contributed by atoms with Crippen molar-refractivity contribution in [2.45, 2.75) is 23.8 Å². The van der Waals surface area contributed by atoms with E-state index in [0.29, 0.717) is 19.6 Å². The highest BCUT2D eigenvalue weighted by molar-refractivity contribution is 7.89. The van der Waals surface area contributed by atoms with Crippen LogP contribution in [0.5, 0.6) is 0 Å². The number of fused-ring (bicyclic) bond motifs is 1. The maximum atomic E-state index is 14.0. The monoisotopic (exact) mass is 318 g/mol. The molecule has 20 heavy (non-hydrogen) atoms. The number of sulfonamides is 1. The molecule has 110 valence electrons. The van der Waals surface area contributed by atoms with E-state index in [4.69, 9.17) is 11.6 Å². The molecule has 0 aliphatic carbocycles. The minimum atomic E-state index is -3.81. The second kappa shape index (κ2) is 5.26. The number of hydrogen-bond acceptors (Lipinski definition) is 3. The molecule has 2 saturated heterocycles. The Morgan fingerprint density at radius 3 is 2.85 bits per heavy atom. The molecule has 7 heteroatoms. The van der Waals surface area contributed by atoms with Crippen LogP contribution < -0.4 is 0 Å². The summed E-state index contributed by atoms with van der Waals surface area (Å²) in [4.78, 5) is 1.98. The fourth-order valence-electron chi connectivity index (χ4n) is 3.00. The predicted octanol–water partition coefficient (Wildman–Crippen LogP) is 1.95. The van der Waals surface area contributed by atoms with Crippen LogP contribution in [0.3, 0.4) is 0 Å². The molecule has 4 nitrogen and oxygen atoms in total. The zero-order valence-electron chi connectivity index (χ0n) is 10.9. The lowest BCUT2D eigenvalue weighted by Gasteiger charge is -2.36. The zero-order chi connectivity index (χ0) is 14.3. The molecule has 2 heterocycles. The van der Waals surface area contributed by atoms with Crippen molar-refractivity contribution in [2.24, 2.45) is 0 Å². The Labute approximate surface area is 123 Å². The lowest BCUT2D eigenvalue weighted by Crippen LogP contribution is -2.52. The van der Waals surface area contributed by atoms with Gasteiger partial charge in [-0.1, -0.05) is 17.7 Å². The summed E-state index contributed by atoms with van der Waals surface area (Å²) in [6.07, 6.45) is 2.11. The Bertz CT molecular complexity index is 623. The van der Waals surface area contributed by atoms with Crippen molar-refractivity contribution in [3.05, 3.63) is 29.0 Å². The molecule has 0 bridgehead atoms. The molecule has 0 N–H and O–H groups in total. The number of halogens is 2. The Balaban J connectivity index is 1.90. The van der Waals surface area contributed by atoms with Gasteiger partial charge in [0.25, 0.3) is 0 Å². The van der Waals surface area contributed by atoms with Crippen LogP contribution in [0.25, 0.3) is 0 Å². The fraction of sp³-hybridized carbons (Fsp3) is 0.538. The van der Waals surface area contributed by atoms with Crippen molar-refractivity contribution in [2.75, 3.05) is 26.2 Å². The van der Waals surface area contributed by atoms with Crippen molar-refractivity contribution in [1.29, 1.82) is 0 Å². The summed E-state index contributed by atoms with van der Waals surface area (Å²) in [7, 11) is -3.81. The summed E-state index contributed by atoms with van der Waals surface area (Å²) in [5.74, 6) is -0.858. The van der Waals surface area contributed by atoms with Crippen molar-refractivity contribution < 1.29 is 12.8 Å². The van der Waals surface area contributed by atoms with Crippen molar-refractivity contribution in [1.82, 2.24) is 9.21 Å². The molecule has 1 aromatic carbocycles. The maximum Gasteiger partial charge on any atom is 0.246 e. The van der Waals surface area contributed by atoms with E-state index in [2.05, 4.69) is 4.90 Å². The Hall–Kier alpha value is -0.690. The minimum absolute atomic E-state index is 0.162. The molecular weight excluding hydrogens is 303 g/mol. The van der Waals surface area contributed by atoms with Gasteiger partial charge in [0.05, 0.1) is 5.02 Å². The summed E-state index contributed by atoms with van der Waals surface area (Å²) in [5.41, 5.74) is 0. The third-order valence-corrected chi connectivity index (χ3v) is 6.26. The quantitative estimate of drug-likeness (QED) is 0.837. The van der Waals surface area contributed by atoms with Crippen molar-refractivity contribution >= 4 is 21.6 Å². The van der Waals surface area contributed by atoms with E-state index in [0.717, 1.165) is 19.4 Å². The molecule has 0 aromatic heterocycles.